The van der Waals surface area contributed by atoms with Crippen molar-refractivity contribution in [2.45, 2.75) is 82.3 Å². The highest BCUT2D eigenvalue weighted by molar-refractivity contribution is 6.10. The van der Waals surface area contributed by atoms with Crippen LogP contribution in [0.3, 0.4) is 0 Å². The lowest BCUT2D eigenvalue weighted by Crippen LogP contribution is -2.61. The normalized spacial score (nSPS) is 31.4. The second kappa shape index (κ2) is 9.64. The second-order valence-corrected chi connectivity index (χ2v) is 11.5. The molecule has 1 spiro atoms. The Hall–Kier alpha value is -2.99. The molecule has 0 aromatic heterocycles. The van der Waals surface area contributed by atoms with Crippen LogP contribution in [-0.2, 0) is 19.1 Å². The monoisotopic (exact) mass is 515 g/mol. The molecule has 2 aliphatic heterocycles. The van der Waals surface area contributed by atoms with E-state index in [4.69, 9.17) is 9.47 Å². The van der Waals surface area contributed by atoms with E-state index in [2.05, 4.69) is 35.2 Å². The highest BCUT2D eigenvalue weighted by Crippen LogP contribution is 2.66. The molecular formula is C32H37NO5. The number of fused-ring (bicyclic) bond motifs is 3. The highest BCUT2D eigenvalue weighted by Gasteiger charge is 2.74. The summed E-state index contributed by atoms with van der Waals surface area (Å²) in [4.78, 5) is 44.2. The smallest absolute Gasteiger partial charge is 0.323 e. The van der Waals surface area contributed by atoms with Gasteiger partial charge in [0.15, 0.2) is 11.2 Å². The molecule has 200 valence electrons. The summed E-state index contributed by atoms with van der Waals surface area (Å²) < 4.78 is 11.0. The Morgan fingerprint density at radius 1 is 0.921 bits per heavy atom. The lowest BCUT2D eigenvalue weighted by molar-refractivity contribution is -0.172. The number of carbonyl (C=O) groups is 3. The van der Waals surface area contributed by atoms with Crippen LogP contribution in [0, 0.1) is 11.3 Å². The molecule has 2 bridgehead atoms. The Balaban J connectivity index is 1.51. The van der Waals surface area contributed by atoms with Gasteiger partial charge in [-0.3, -0.25) is 19.3 Å². The molecule has 6 rings (SSSR count). The zero-order valence-electron chi connectivity index (χ0n) is 22.4. The van der Waals surface area contributed by atoms with Gasteiger partial charge in [-0.15, -0.1) is 0 Å². The largest absolute Gasteiger partial charge is 0.465 e. The number of esters is 2. The Morgan fingerprint density at radius 3 is 2.29 bits per heavy atom. The van der Waals surface area contributed by atoms with Crippen LogP contribution in [0.1, 0.15) is 92.2 Å². The van der Waals surface area contributed by atoms with Crippen LogP contribution in [0.2, 0.25) is 0 Å². The second-order valence-electron chi connectivity index (χ2n) is 11.5. The van der Waals surface area contributed by atoms with E-state index in [-0.39, 0.29) is 43.4 Å². The van der Waals surface area contributed by atoms with Gasteiger partial charge in [-0.05, 0) is 62.5 Å². The standard InChI is InChI=1S/C32H37NO5/c1-3-37-29(35)31(30(36)38-4-2)19-22-18-27-24-15-8-9-16-25(24)28(34)32(22,20-31)33(27)26-17-11-10-14-23(26)21-12-6-5-7-13-21/h5-9,12-13,15-16,22-23,26-27H,3-4,10-11,14,17-20H2,1-2H3/t22-,23-,26-,27-,32+/m0/s1. The molecule has 0 amide bonds. The van der Waals surface area contributed by atoms with E-state index in [1.807, 2.05) is 24.3 Å². The van der Waals surface area contributed by atoms with Crippen LogP contribution in [0.4, 0.5) is 0 Å². The SMILES string of the molecule is CCOC(=O)C1(C(=O)OCC)C[C@@H]2C[C@H]3c4ccccc4C(=O)[C@]2(C1)N3[C@H]1CCCC[C@H]1c1ccccc1. The molecule has 2 heterocycles. The zero-order valence-corrected chi connectivity index (χ0v) is 22.4. The third-order valence-corrected chi connectivity index (χ3v) is 9.75. The topological polar surface area (TPSA) is 72.9 Å². The van der Waals surface area contributed by atoms with Crippen LogP contribution in [0.5, 0.6) is 0 Å². The third-order valence-electron chi connectivity index (χ3n) is 9.75. The molecule has 2 aromatic rings. The molecule has 3 fully saturated rings. The van der Waals surface area contributed by atoms with Crippen LogP contribution >= 0.6 is 0 Å². The Labute approximate surface area is 224 Å². The molecule has 38 heavy (non-hydrogen) atoms. The number of ketones is 1. The van der Waals surface area contributed by atoms with Crippen LogP contribution in [0.25, 0.3) is 0 Å². The molecule has 0 unspecified atom stereocenters. The molecule has 1 saturated heterocycles. The van der Waals surface area contributed by atoms with E-state index < -0.39 is 22.9 Å². The van der Waals surface area contributed by atoms with E-state index in [1.54, 1.807) is 13.8 Å². The van der Waals surface area contributed by atoms with Crippen molar-refractivity contribution in [3.8, 4) is 0 Å². The van der Waals surface area contributed by atoms with Gasteiger partial charge in [0.25, 0.3) is 0 Å². The molecule has 6 nitrogen and oxygen atoms in total. The first kappa shape index (κ1) is 25.3. The van der Waals surface area contributed by atoms with Gasteiger partial charge in [-0.25, -0.2) is 0 Å². The number of benzene rings is 2. The zero-order chi connectivity index (χ0) is 26.5. The number of rotatable bonds is 6. The Kier molecular flexibility index (Phi) is 6.42. The van der Waals surface area contributed by atoms with Gasteiger partial charge in [0.2, 0.25) is 0 Å². The van der Waals surface area contributed by atoms with E-state index in [1.165, 1.54) is 5.56 Å². The van der Waals surface area contributed by atoms with E-state index in [0.717, 1.165) is 43.2 Å². The number of Topliss-reactive ketones (excluding diaryl/α,β-unsaturated/α-hetero) is 1. The molecule has 0 N–H and O–H groups in total. The Morgan fingerprint density at radius 2 is 1.58 bits per heavy atom. The fourth-order valence-corrected chi connectivity index (χ4v) is 8.39. The molecular weight excluding hydrogens is 478 g/mol. The van der Waals surface area contributed by atoms with Crippen molar-refractivity contribution in [1.29, 1.82) is 0 Å². The first-order chi connectivity index (χ1) is 18.5. The summed E-state index contributed by atoms with van der Waals surface area (Å²) in [6, 6.07) is 18.8. The van der Waals surface area contributed by atoms with Crippen molar-refractivity contribution in [1.82, 2.24) is 4.90 Å². The minimum absolute atomic E-state index is 0.0553. The molecule has 5 atom stereocenters. The van der Waals surface area contributed by atoms with Crippen LogP contribution in [-0.4, -0.2) is 47.4 Å². The van der Waals surface area contributed by atoms with Crippen molar-refractivity contribution in [3.63, 3.8) is 0 Å². The molecule has 2 aromatic carbocycles. The van der Waals surface area contributed by atoms with Gasteiger partial charge in [-0.1, -0.05) is 67.4 Å². The summed E-state index contributed by atoms with van der Waals surface area (Å²) in [6.45, 7) is 3.86. The van der Waals surface area contributed by atoms with E-state index in [9.17, 15) is 14.4 Å². The van der Waals surface area contributed by atoms with Crippen molar-refractivity contribution >= 4 is 17.7 Å². The summed E-state index contributed by atoms with van der Waals surface area (Å²) in [5.74, 6) is -0.872. The van der Waals surface area contributed by atoms with Crippen molar-refractivity contribution in [3.05, 3.63) is 71.3 Å². The summed E-state index contributed by atoms with van der Waals surface area (Å²) in [5.41, 5.74) is 0.752. The van der Waals surface area contributed by atoms with Crippen molar-refractivity contribution < 1.29 is 23.9 Å². The predicted molar refractivity (Wildman–Crippen MR) is 143 cm³/mol. The summed E-state index contributed by atoms with van der Waals surface area (Å²) in [5, 5.41) is 0. The maximum atomic E-state index is 14.7. The average molecular weight is 516 g/mol. The maximum Gasteiger partial charge on any atom is 0.323 e. The lowest BCUT2D eigenvalue weighted by Gasteiger charge is -2.52. The van der Waals surface area contributed by atoms with Gasteiger partial charge in [0.1, 0.15) is 0 Å². The highest BCUT2D eigenvalue weighted by atomic mass is 16.6. The van der Waals surface area contributed by atoms with Gasteiger partial charge in [0.05, 0.1) is 18.8 Å². The minimum atomic E-state index is -1.46. The maximum absolute atomic E-state index is 14.7. The third kappa shape index (κ3) is 3.52. The fraction of sp³-hybridized carbons (Fsp3) is 0.531. The molecule has 6 heteroatoms. The predicted octanol–water partition coefficient (Wildman–Crippen LogP) is 5.62. The summed E-state index contributed by atoms with van der Waals surface area (Å²) in [6.07, 6.45) is 5.49. The van der Waals surface area contributed by atoms with Crippen LogP contribution < -0.4 is 0 Å². The van der Waals surface area contributed by atoms with E-state index in [0.29, 0.717) is 12.3 Å². The summed E-state index contributed by atoms with van der Waals surface area (Å²) in [7, 11) is 0. The van der Waals surface area contributed by atoms with Gasteiger partial charge in [-0.2, -0.15) is 0 Å². The number of hydrogen-bond acceptors (Lipinski definition) is 6. The quantitative estimate of drug-likeness (QED) is 0.367. The molecule has 4 aliphatic rings. The number of nitrogens with zero attached hydrogens (tertiary/aromatic N) is 1. The first-order valence-corrected chi connectivity index (χ1v) is 14.3. The van der Waals surface area contributed by atoms with Gasteiger partial charge < -0.3 is 9.47 Å². The van der Waals surface area contributed by atoms with Gasteiger partial charge in [0, 0.05) is 24.1 Å². The first-order valence-electron chi connectivity index (χ1n) is 14.3. The van der Waals surface area contributed by atoms with Gasteiger partial charge >= 0.3 is 11.9 Å². The minimum Gasteiger partial charge on any atom is -0.465 e. The molecule has 0 radical (unpaired) electrons. The Bertz CT molecular complexity index is 1220. The van der Waals surface area contributed by atoms with E-state index >= 15 is 0 Å². The number of ether oxygens (including phenoxy) is 2. The molecule has 2 saturated carbocycles. The van der Waals surface area contributed by atoms with Crippen molar-refractivity contribution in [2.24, 2.45) is 11.3 Å². The van der Waals surface area contributed by atoms with Crippen molar-refractivity contribution in [2.75, 3.05) is 13.2 Å². The fourth-order valence-electron chi connectivity index (χ4n) is 8.39. The summed E-state index contributed by atoms with van der Waals surface area (Å²) >= 11 is 0. The number of carbonyl (C=O) groups excluding carboxylic acids is 3. The van der Waals surface area contributed by atoms with Crippen LogP contribution in [0.15, 0.2) is 54.6 Å². The molecule has 2 aliphatic carbocycles. The average Bonchev–Trinajstić information content (AvgIpc) is 3.42. The lowest BCUT2D eigenvalue weighted by atomic mass is 9.71. The number of hydrogen-bond donors (Lipinski definition) is 0.